The topological polar surface area (TPSA) is 119 Å². The molecule has 216 valence electrons. The summed E-state index contributed by atoms with van der Waals surface area (Å²) in [6.45, 7) is 5.22. The molecule has 0 aliphatic carbocycles. The summed E-state index contributed by atoms with van der Waals surface area (Å²) in [4.78, 5) is 46.1. The summed E-state index contributed by atoms with van der Waals surface area (Å²) in [5.74, 6) is -2.94. The monoisotopic (exact) mass is 578 g/mol. The van der Waals surface area contributed by atoms with E-state index in [9.17, 15) is 27.9 Å². The van der Waals surface area contributed by atoms with Gasteiger partial charge in [-0.05, 0) is 57.3 Å². The Balaban J connectivity index is 1.67. The largest absolute Gasteiger partial charge is 0.507 e. The molecule has 3 aliphatic rings. The molecule has 0 saturated carbocycles. The average molecular weight is 579 g/mol. The molecule has 3 aliphatic heterocycles. The lowest BCUT2D eigenvalue weighted by atomic mass is 9.82. The lowest BCUT2D eigenvalue weighted by Gasteiger charge is -2.35. The molecule has 2 aromatic rings. The number of carbonyl (C=O) groups is 3. The van der Waals surface area contributed by atoms with E-state index >= 15 is 0 Å². The molecule has 5 rings (SSSR count). The number of nitrogens with zero attached hydrogens (tertiary/aromatic N) is 4. The third kappa shape index (κ3) is 4.48. The Labute approximate surface area is 240 Å². The Morgan fingerprint density at radius 3 is 2.32 bits per heavy atom. The van der Waals surface area contributed by atoms with Crippen LogP contribution in [-0.4, -0.2) is 92.0 Å². The zero-order valence-corrected chi connectivity index (χ0v) is 24.1. The number of sulfonamides is 1. The zero-order valence-electron chi connectivity index (χ0n) is 23.2. The molecule has 2 amide bonds. The van der Waals surface area contributed by atoms with Crippen LogP contribution in [0.25, 0.3) is 5.76 Å². The number of aliphatic hydroxyl groups excluding tert-OH is 1. The highest BCUT2D eigenvalue weighted by Crippen LogP contribution is 2.53. The van der Waals surface area contributed by atoms with E-state index in [1.54, 1.807) is 30.3 Å². The predicted octanol–water partition coefficient (Wildman–Crippen LogP) is 2.53. The van der Waals surface area contributed by atoms with Crippen LogP contribution >= 0.6 is 0 Å². The number of benzene rings is 2. The third-order valence-electron chi connectivity index (χ3n) is 7.97. The molecule has 1 N–H and O–H groups in total. The van der Waals surface area contributed by atoms with Crippen LogP contribution in [0.4, 0.5) is 5.69 Å². The van der Waals surface area contributed by atoms with Crippen LogP contribution in [0.1, 0.15) is 30.4 Å². The number of likely N-dealkylation sites (tertiary alicyclic amines) is 1. The Morgan fingerprint density at radius 1 is 1.02 bits per heavy atom. The maximum Gasteiger partial charge on any atom is 0.296 e. The fraction of sp³-hybridized carbons (Fsp3) is 0.367. The van der Waals surface area contributed by atoms with Gasteiger partial charge in [0.25, 0.3) is 17.6 Å². The number of para-hydroxylation sites is 1. The van der Waals surface area contributed by atoms with Gasteiger partial charge in [-0.15, -0.1) is 6.58 Å². The van der Waals surface area contributed by atoms with Gasteiger partial charge in [0, 0.05) is 43.9 Å². The first-order valence-electron chi connectivity index (χ1n) is 13.6. The minimum atomic E-state index is -3.72. The van der Waals surface area contributed by atoms with Crippen molar-refractivity contribution < 1.29 is 27.9 Å². The number of piperidine rings is 1. The minimum Gasteiger partial charge on any atom is -0.507 e. The van der Waals surface area contributed by atoms with Gasteiger partial charge < -0.3 is 19.8 Å². The van der Waals surface area contributed by atoms with Gasteiger partial charge in [-0.1, -0.05) is 30.7 Å². The maximum atomic E-state index is 14.3. The number of hydrogen-bond acceptors (Lipinski definition) is 7. The van der Waals surface area contributed by atoms with Crippen molar-refractivity contribution in [2.24, 2.45) is 0 Å². The molecule has 3 heterocycles. The molecular formula is C30H34N4O6S. The van der Waals surface area contributed by atoms with Crippen LogP contribution in [0.2, 0.25) is 0 Å². The predicted molar refractivity (Wildman–Crippen MR) is 155 cm³/mol. The van der Waals surface area contributed by atoms with Gasteiger partial charge in [-0.3, -0.25) is 14.4 Å². The average Bonchev–Trinajstić information content (AvgIpc) is 3.35. The van der Waals surface area contributed by atoms with Crippen LogP contribution in [0.5, 0.6) is 0 Å². The molecule has 11 heteroatoms. The Bertz CT molecular complexity index is 1540. The van der Waals surface area contributed by atoms with Crippen molar-refractivity contribution in [1.82, 2.24) is 14.1 Å². The molecule has 0 bridgehead atoms. The second-order valence-electron chi connectivity index (χ2n) is 10.7. The molecule has 0 unspecified atom stereocenters. The molecule has 2 saturated heterocycles. The van der Waals surface area contributed by atoms with Crippen LogP contribution < -0.4 is 4.90 Å². The number of fused-ring (bicyclic) bond motifs is 2. The minimum absolute atomic E-state index is 0.0589. The number of amides is 2. The Hall–Kier alpha value is -3.80. The standard InChI is InChI=1S/C30H34N4O6S/c1-4-16-33-24-11-7-6-10-23(24)30(29(33)38)25(27(36)28(37)34(30)20-19-31(2)3)26(35)21-12-14-22(15-13-21)41(39,40)32-17-8-5-9-18-32/h4,6-7,10-15,35H,1,5,8-9,16-20H2,2-3H3/t30-/m0/s1. The Kier molecular flexibility index (Phi) is 7.62. The van der Waals surface area contributed by atoms with Crippen molar-refractivity contribution in [2.75, 3.05) is 51.7 Å². The number of rotatable bonds is 8. The molecule has 2 aromatic carbocycles. The van der Waals surface area contributed by atoms with Crippen molar-refractivity contribution >= 4 is 39.1 Å². The number of likely N-dealkylation sites (N-methyl/N-ethyl adjacent to an activating group) is 1. The first kappa shape index (κ1) is 28.7. The molecule has 0 aromatic heterocycles. The van der Waals surface area contributed by atoms with Crippen LogP contribution in [0, 0.1) is 0 Å². The lowest BCUT2D eigenvalue weighted by Crippen LogP contribution is -2.53. The van der Waals surface area contributed by atoms with Gasteiger partial charge in [0.15, 0.2) is 5.54 Å². The summed E-state index contributed by atoms with van der Waals surface area (Å²) in [5.41, 5.74) is -1.16. The number of carbonyl (C=O) groups excluding carboxylic acids is 3. The zero-order chi connectivity index (χ0) is 29.5. The fourth-order valence-corrected chi connectivity index (χ4v) is 7.48. The van der Waals surface area contributed by atoms with Gasteiger partial charge in [0.1, 0.15) is 5.76 Å². The third-order valence-corrected chi connectivity index (χ3v) is 9.89. The van der Waals surface area contributed by atoms with E-state index in [-0.39, 0.29) is 29.1 Å². The molecule has 1 spiro atoms. The molecule has 1 atom stereocenters. The van der Waals surface area contributed by atoms with E-state index < -0.39 is 38.9 Å². The molecule has 0 radical (unpaired) electrons. The van der Waals surface area contributed by atoms with Gasteiger partial charge in [-0.25, -0.2) is 8.42 Å². The van der Waals surface area contributed by atoms with Crippen LogP contribution in [-0.2, 0) is 29.9 Å². The normalized spacial score (nSPS) is 22.7. The summed E-state index contributed by atoms with van der Waals surface area (Å²) in [7, 11) is -0.0870. The summed E-state index contributed by atoms with van der Waals surface area (Å²) >= 11 is 0. The van der Waals surface area contributed by atoms with Gasteiger partial charge in [0.2, 0.25) is 10.0 Å². The van der Waals surface area contributed by atoms with Crippen molar-refractivity contribution in [3.05, 3.63) is 77.9 Å². The van der Waals surface area contributed by atoms with Crippen LogP contribution in [0.3, 0.4) is 0 Å². The number of Topliss-reactive ketones (excluding diaryl/α,β-unsaturated/α-hetero) is 1. The second-order valence-corrected chi connectivity index (χ2v) is 12.7. The highest BCUT2D eigenvalue weighted by Gasteiger charge is 2.66. The number of aliphatic hydroxyl groups is 1. The van der Waals surface area contributed by atoms with Gasteiger partial charge in [0.05, 0.1) is 16.2 Å². The van der Waals surface area contributed by atoms with E-state index in [0.29, 0.717) is 30.9 Å². The smallest absolute Gasteiger partial charge is 0.296 e. The summed E-state index contributed by atoms with van der Waals surface area (Å²) in [6, 6.07) is 12.5. The SMILES string of the molecule is C=CCN1C(=O)[C@@]2(C(=C(O)c3ccc(S(=O)(=O)N4CCCCC4)cc3)C(=O)C(=O)N2CCN(C)C)c2ccccc21. The number of hydrogen-bond donors (Lipinski definition) is 1. The first-order valence-corrected chi connectivity index (χ1v) is 15.1. The highest BCUT2D eigenvalue weighted by atomic mass is 32.2. The lowest BCUT2D eigenvalue weighted by molar-refractivity contribution is -0.143. The fourth-order valence-electron chi connectivity index (χ4n) is 5.96. The number of ketones is 1. The van der Waals surface area contributed by atoms with E-state index in [0.717, 1.165) is 19.3 Å². The molecule has 10 nitrogen and oxygen atoms in total. The van der Waals surface area contributed by atoms with E-state index in [1.807, 2.05) is 19.0 Å². The highest BCUT2D eigenvalue weighted by molar-refractivity contribution is 7.89. The van der Waals surface area contributed by atoms with Crippen molar-refractivity contribution in [1.29, 1.82) is 0 Å². The summed E-state index contributed by atoms with van der Waals surface area (Å²) in [6.07, 6.45) is 4.13. The summed E-state index contributed by atoms with van der Waals surface area (Å²) in [5, 5.41) is 11.6. The quantitative estimate of drug-likeness (QED) is 0.221. The first-order chi connectivity index (χ1) is 19.6. The van der Waals surface area contributed by atoms with E-state index in [2.05, 4.69) is 6.58 Å². The van der Waals surface area contributed by atoms with Crippen molar-refractivity contribution in [3.63, 3.8) is 0 Å². The summed E-state index contributed by atoms with van der Waals surface area (Å²) < 4.78 is 27.8. The van der Waals surface area contributed by atoms with Crippen LogP contribution in [0.15, 0.2) is 71.7 Å². The molecule has 41 heavy (non-hydrogen) atoms. The van der Waals surface area contributed by atoms with Crippen molar-refractivity contribution in [2.45, 2.75) is 29.7 Å². The van der Waals surface area contributed by atoms with Crippen molar-refractivity contribution in [3.8, 4) is 0 Å². The maximum absolute atomic E-state index is 14.3. The van der Waals surface area contributed by atoms with Gasteiger partial charge in [-0.2, -0.15) is 4.31 Å². The van der Waals surface area contributed by atoms with Gasteiger partial charge >= 0.3 is 0 Å². The van der Waals surface area contributed by atoms with E-state index in [1.165, 1.54) is 38.4 Å². The second kappa shape index (κ2) is 10.9. The molecular weight excluding hydrogens is 544 g/mol. The Morgan fingerprint density at radius 2 is 1.68 bits per heavy atom. The van der Waals surface area contributed by atoms with E-state index in [4.69, 9.17) is 0 Å². The number of anilines is 1. The molecule has 2 fully saturated rings.